The maximum absolute atomic E-state index is 10.6. The van der Waals surface area contributed by atoms with Crippen LogP contribution in [0.1, 0.15) is 10.4 Å². The van der Waals surface area contributed by atoms with E-state index in [0.29, 0.717) is 17.1 Å². The highest BCUT2D eigenvalue weighted by Crippen LogP contribution is 2.21. The van der Waals surface area contributed by atoms with E-state index in [1.165, 1.54) is 0 Å². The van der Waals surface area contributed by atoms with Crippen LogP contribution in [0.3, 0.4) is 0 Å². The van der Waals surface area contributed by atoms with Gasteiger partial charge in [0.1, 0.15) is 6.29 Å². The van der Waals surface area contributed by atoms with Crippen molar-refractivity contribution in [3.8, 4) is 11.6 Å². The van der Waals surface area contributed by atoms with Crippen molar-refractivity contribution in [1.82, 2.24) is 9.97 Å². The quantitative estimate of drug-likeness (QED) is 0.664. The van der Waals surface area contributed by atoms with E-state index in [9.17, 15) is 4.79 Å². The van der Waals surface area contributed by atoms with E-state index >= 15 is 0 Å². The molecule has 2 aromatic heterocycles. The lowest BCUT2D eigenvalue weighted by Gasteiger charge is -1.88. The van der Waals surface area contributed by atoms with E-state index in [1.807, 2.05) is 12.1 Å². The van der Waals surface area contributed by atoms with Crippen LogP contribution in [0.25, 0.3) is 22.6 Å². The summed E-state index contributed by atoms with van der Waals surface area (Å²) in [5, 5.41) is 0. The van der Waals surface area contributed by atoms with Crippen molar-refractivity contribution in [2.24, 2.45) is 0 Å². The van der Waals surface area contributed by atoms with E-state index in [2.05, 4.69) is 9.97 Å². The smallest absolute Gasteiger partial charge is 0.174 e. The standard InChI is InChI=1S/C12H8N2O2/c15-7-8-3-4-9-10(6-8)14-12(13-9)11-2-1-5-16-11/h1-7H,(H,13,14). The van der Waals surface area contributed by atoms with Crippen molar-refractivity contribution < 1.29 is 9.21 Å². The van der Waals surface area contributed by atoms with Crippen molar-refractivity contribution in [2.45, 2.75) is 0 Å². The number of nitrogens with zero attached hydrogens (tertiary/aromatic N) is 1. The predicted octanol–water partition coefficient (Wildman–Crippen LogP) is 2.64. The van der Waals surface area contributed by atoms with Crippen LogP contribution in [0.2, 0.25) is 0 Å². The molecule has 0 bridgehead atoms. The molecule has 0 aliphatic carbocycles. The molecule has 4 heteroatoms. The maximum Gasteiger partial charge on any atom is 0.174 e. The van der Waals surface area contributed by atoms with E-state index in [4.69, 9.17) is 4.42 Å². The van der Waals surface area contributed by atoms with Crippen molar-refractivity contribution in [1.29, 1.82) is 0 Å². The molecule has 0 aliphatic rings. The zero-order valence-corrected chi connectivity index (χ0v) is 8.31. The second-order valence-corrected chi connectivity index (χ2v) is 3.46. The first-order chi connectivity index (χ1) is 7.86. The zero-order chi connectivity index (χ0) is 11.0. The molecular weight excluding hydrogens is 204 g/mol. The predicted molar refractivity (Wildman–Crippen MR) is 59.2 cm³/mol. The fourth-order valence-electron chi connectivity index (χ4n) is 1.63. The highest BCUT2D eigenvalue weighted by atomic mass is 16.3. The van der Waals surface area contributed by atoms with Gasteiger partial charge in [0.25, 0.3) is 0 Å². The summed E-state index contributed by atoms with van der Waals surface area (Å²) in [6.07, 6.45) is 2.41. The van der Waals surface area contributed by atoms with Gasteiger partial charge in [-0.2, -0.15) is 0 Å². The number of H-pyrrole nitrogens is 1. The number of fused-ring (bicyclic) bond motifs is 1. The van der Waals surface area contributed by atoms with Gasteiger partial charge in [-0.15, -0.1) is 0 Å². The highest BCUT2D eigenvalue weighted by Gasteiger charge is 2.07. The Bertz CT molecular complexity index is 638. The number of imidazole rings is 1. The molecule has 0 radical (unpaired) electrons. The second-order valence-electron chi connectivity index (χ2n) is 3.46. The Balaban J connectivity index is 2.19. The summed E-state index contributed by atoms with van der Waals surface area (Å²) in [6, 6.07) is 8.95. The van der Waals surface area contributed by atoms with Crippen LogP contribution in [0.15, 0.2) is 41.0 Å². The van der Waals surface area contributed by atoms with Crippen LogP contribution in [0, 0.1) is 0 Å². The van der Waals surface area contributed by atoms with Crippen molar-refractivity contribution >= 4 is 17.3 Å². The average molecular weight is 212 g/mol. The van der Waals surface area contributed by atoms with E-state index in [1.54, 1.807) is 24.5 Å². The number of carbonyl (C=O) groups excluding carboxylic acids is 1. The highest BCUT2D eigenvalue weighted by molar-refractivity contribution is 5.86. The summed E-state index contributed by atoms with van der Waals surface area (Å²) in [7, 11) is 0. The van der Waals surface area contributed by atoms with Crippen LogP contribution in [-0.2, 0) is 0 Å². The molecule has 0 unspecified atom stereocenters. The van der Waals surface area contributed by atoms with Gasteiger partial charge in [-0.3, -0.25) is 4.79 Å². The first-order valence-corrected chi connectivity index (χ1v) is 4.85. The van der Waals surface area contributed by atoms with Crippen LogP contribution < -0.4 is 0 Å². The van der Waals surface area contributed by atoms with Gasteiger partial charge in [-0.1, -0.05) is 0 Å². The molecule has 0 saturated heterocycles. The lowest BCUT2D eigenvalue weighted by molar-refractivity contribution is 0.112. The SMILES string of the molecule is O=Cc1ccc2nc(-c3ccco3)[nH]c2c1. The molecule has 1 aromatic carbocycles. The first-order valence-electron chi connectivity index (χ1n) is 4.85. The van der Waals surface area contributed by atoms with Crippen LogP contribution in [0.4, 0.5) is 0 Å². The van der Waals surface area contributed by atoms with Crippen LogP contribution >= 0.6 is 0 Å². The molecule has 2 heterocycles. The minimum atomic E-state index is 0.627. The van der Waals surface area contributed by atoms with Crippen molar-refractivity contribution in [3.05, 3.63) is 42.2 Å². The van der Waals surface area contributed by atoms with Gasteiger partial charge in [-0.25, -0.2) is 4.98 Å². The summed E-state index contributed by atoms with van der Waals surface area (Å²) >= 11 is 0. The minimum Gasteiger partial charge on any atom is -0.461 e. The number of benzene rings is 1. The number of furan rings is 1. The Morgan fingerprint density at radius 2 is 2.25 bits per heavy atom. The normalized spacial score (nSPS) is 10.8. The molecule has 0 amide bonds. The zero-order valence-electron chi connectivity index (χ0n) is 8.31. The Labute approximate surface area is 90.9 Å². The number of hydrogen-bond acceptors (Lipinski definition) is 3. The molecule has 1 N–H and O–H groups in total. The lowest BCUT2D eigenvalue weighted by Crippen LogP contribution is -1.78. The third-order valence-corrected chi connectivity index (χ3v) is 2.40. The first kappa shape index (κ1) is 8.91. The molecule has 4 nitrogen and oxygen atoms in total. The van der Waals surface area contributed by atoms with Crippen LogP contribution in [-0.4, -0.2) is 16.3 Å². The van der Waals surface area contributed by atoms with Crippen molar-refractivity contribution in [3.63, 3.8) is 0 Å². The van der Waals surface area contributed by atoms with Gasteiger partial charge in [-0.05, 0) is 30.3 Å². The molecule has 0 aliphatic heterocycles. The average Bonchev–Trinajstić information content (AvgIpc) is 2.96. The Morgan fingerprint density at radius 1 is 1.31 bits per heavy atom. The van der Waals surface area contributed by atoms with Gasteiger partial charge in [0.2, 0.25) is 0 Å². The van der Waals surface area contributed by atoms with E-state index in [-0.39, 0.29) is 0 Å². The van der Waals surface area contributed by atoms with Gasteiger partial charge in [0.15, 0.2) is 11.6 Å². The fraction of sp³-hybridized carbons (Fsp3) is 0. The number of carbonyl (C=O) groups is 1. The summed E-state index contributed by atoms with van der Waals surface area (Å²) in [5.74, 6) is 1.35. The molecule has 3 aromatic rings. The molecule has 16 heavy (non-hydrogen) atoms. The summed E-state index contributed by atoms with van der Waals surface area (Å²) in [5.41, 5.74) is 2.27. The molecule has 3 rings (SSSR count). The second kappa shape index (κ2) is 3.34. The monoisotopic (exact) mass is 212 g/mol. The largest absolute Gasteiger partial charge is 0.461 e. The number of hydrogen-bond donors (Lipinski definition) is 1. The molecule has 0 fully saturated rings. The minimum absolute atomic E-state index is 0.627. The Kier molecular flexibility index (Phi) is 1.86. The van der Waals surface area contributed by atoms with E-state index < -0.39 is 0 Å². The number of aromatic nitrogens is 2. The number of nitrogens with one attached hydrogen (secondary N) is 1. The van der Waals surface area contributed by atoms with E-state index in [0.717, 1.165) is 17.3 Å². The van der Waals surface area contributed by atoms with Gasteiger partial charge >= 0.3 is 0 Å². The maximum atomic E-state index is 10.6. The molecule has 0 saturated carbocycles. The third-order valence-electron chi connectivity index (χ3n) is 2.40. The van der Waals surface area contributed by atoms with Crippen LogP contribution in [0.5, 0.6) is 0 Å². The Morgan fingerprint density at radius 3 is 3.00 bits per heavy atom. The number of aldehydes is 1. The van der Waals surface area contributed by atoms with Crippen molar-refractivity contribution in [2.75, 3.05) is 0 Å². The van der Waals surface area contributed by atoms with Gasteiger partial charge in [0, 0.05) is 5.56 Å². The third kappa shape index (κ3) is 1.32. The molecule has 0 spiro atoms. The number of rotatable bonds is 2. The molecule has 0 atom stereocenters. The summed E-state index contributed by atoms with van der Waals surface area (Å²) < 4.78 is 5.24. The topological polar surface area (TPSA) is 58.9 Å². The Hall–Kier alpha value is -2.36. The summed E-state index contributed by atoms with van der Waals surface area (Å²) in [6.45, 7) is 0. The van der Waals surface area contributed by atoms with Gasteiger partial charge < -0.3 is 9.40 Å². The lowest BCUT2D eigenvalue weighted by atomic mass is 10.2. The number of aromatic amines is 1. The summed E-state index contributed by atoms with van der Waals surface area (Å²) in [4.78, 5) is 18.1. The molecular formula is C12H8N2O2. The molecule has 78 valence electrons. The van der Waals surface area contributed by atoms with Gasteiger partial charge in [0.05, 0.1) is 17.3 Å². The fourth-order valence-corrected chi connectivity index (χ4v) is 1.63.